The topological polar surface area (TPSA) is 41.1 Å². The van der Waals surface area contributed by atoms with E-state index in [9.17, 15) is 9.18 Å². The fourth-order valence-electron chi connectivity index (χ4n) is 1.08. The van der Waals surface area contributed by atoms with Gasteiger partial charge in [0, 0.05) is 6.04 Å². The first kappa shape index (κ1) is 12.9. The van der Waals surface area contributed by atoms with Gasteiger partial charge in [-0.15, -0.1) is 0 Å². The van der Waals surface area contributed by atoms with Gasteiger partial charge in [-0.3, -0.25) is 4.79 Å². The van der Waals surface area contributed by atoms with Crippen molar-refractivity contribution in [3.63, 3.8) is 0 Å². The second-order valence-electron chi connectivity index (χ2n) is 3.71. The zero-order valence-electron chi connectivity index (χ0n) is 9.18. The van der Waals surface area contributed by atoms with E-state index in [0.717, 1.165) is 0 Å². The minimum absolute atomic E-state index is 0.171. The smallest absolute Gasteiger partial charge is 0.238 e. The Morgan fingerprint density at radius 3 is 2.81 bits per heavy atom. The number of nitrogens with one attached hydrogen (secondary N) is 2. The predicted molar refractivity (Wildman–Crippen MR) is 63.2 cm³/mol. The zero-order chi connectivity index (χ0) is 12.1. The molecule has 0 atom stereocenters. The molecule has 3 nitrogen and oxygen atoms in total. The van der Waals surface area contributed by atoms with Gasteiger partial charge in [0.1, 0.15) is 5.82 Å². The summed E-state index contributed by atoms with van der Waals surface area (Å²) in [5, 5.41) is 5.80. The van der Waals surface area contributed by atoms with Gasteiger partial charge < -0.3 is 10.6 Å². The van der Waals surface area contributed by atoms with Crippen LogP contribution in [0.15, 0.2) is 18.2 Å². The van der Waals surface area contributed by atoms with Gasteiger partial charge in [-0.2, -0.15) is 0 Å². The van der Waals surface area contributed by atoms with E-state index in [1.165, 1.54) is 18.2 Å². The molecule has 88 valence electrons. The summed E-state index contributed by atoms with van der Waals surface area (Å²) in [7, 11) is 0. The summed E-state index contributed by atoms with van der Waals surface area (Å²) in [6.45, 7) is 4.04. The van der Waals surface area contributed by atoms with Gasteiger partial charge in [0.05, 0.1) is 17.3 Å². The summed E-state index contributed by atoms with van der Waals surface area (Å²) >= 11 is 5.80. The molecule has 1 aromatic carbocycles. The highest BCUT2D eigenvalue weighted by atomic mass is 35.5. The maximum Gasteiger partial charge on any atom is 0.238 e. The van der Waals surface area contributed by atoms with E-state index >= 15 is 0 Å². The van der Waals surface area contributed by atoms with Gasteiger partial charge in [0.25, 0.3) is 0 Å². The molecule has 0 fully saturated rings. The standard InChI is InChI=1S/C11H14ClFN2O/c1-7(2)14-6-11(16)15-10-5-8(13)3-4-9(10)12/h3-5,7,14H,6H2,1-2H3,(H,15,16). The van der Waals surface area contributed by atoms with Crippen LogP contribution < -0.4 is 10.6 Å². The van der Waals surface area contributed by atoms with E-state index in [1.807, 2.05) is 13.8 Å². The molecule has 0 bridgehead atoms. The molecule has 0 aliphatic carbocycles. The Kier molecular flexibility index (Phi) is 4.71. The van der Waals surface area contributed by atoms with Crippen molar-refractivity contribution < 1.29 is 9.18 Å². The molecule has 1 rings (SSSR count). The lowest BCUT2D eigenvalue weighted by Crippen LogP contribution is -2.32. The van der Waals surface area contributed by atoms with E-state index in [0.29, 0.717) is 5.02 Å². The average molecular weight is 245 g/mol. The first-order valence-electron chi connectivity index (χ1n) is 4.97. The molecule has 16 heavy (non-hydrogen) atoms. The number of carbonyl (C=O) groups excluding carboxylic acids is 1. The largest absolute Gasteiger partial charge is 0.324 e. The summed E-state index contributed by atoms with van der Waals surface area (Å²) in [6, 6.07) is 4.05. The quantitative estimate of drug-likeness (QED) is 0.854. The summed E-state index contributed by atoms with van der Waals surface area (Å²) < 4.78 is 12.9. The van der Waals surface area contributed by atoms with Crippen LogP contribution in [0.1, 0.15) is 13.8 Å². The monoisotopic (exact) mass is 244 g/mol. The highest BCUT2D eigenvalue weighted by Crippen LogP contribution is 2.22. The molecule has 2 N–H and O–H groups in total. The fourth-order valence-corrected chi connectivity index (χ4v) is 1.25. The van der Waals surface area contributed by atoms with E-state index in [1.54, 1.807) is 0 Å². The number of anilines is 1. The van der Waals surface area contributed by atoms with Crippen LogP contribution in [0.25, 0.3) is 0 Å². The summed E-state index contributed by atoms with van der Waals surface area (Å²) in [5.41, 5.74) is 0.289. The van der Waals surface area contributed by atoms with Crippen LogP contribution in [-0.4, -0.2) is 18.5 Å². The highest BCUT2D eigenvalue weighted by molar-refractivity contribution is 6.33. The molecular formula is C11H14ClFN2O. The molecule has 0 saturated carbocycles. The SMILES string of the molecule is CC(C)NCC(=O)Nc1cc(F)ccc1Cl. The normalized spacial score (nSPS) is 10.6. The van der Waals surface area contributed by atoms with E-state index in [4.69, 9.17) is 11.6 Å². The summed E-state index contributed by atoms with van der Waals surface area (Å²) in [4.78, 5) is 11.4. The van der Waals surface area contributed by atoms with Crippen LogP contribution in [-0.2, 0) is 4.79 Å². The number of rotatable bonds is 4. The first-order valence-corrected chi connectivity index (χ1v) is 5.35. The van der Waals surface area contributed by atoms with Gasteiger partial charge in [0.2, 0.25) is 5.91 Å². The second kappa shape index (κ2) is 5.82. The van der Waals surface area contributed by atoms with E-state index in [2.05, 4.69) is 10.6 Å². The molecule has 0 radical (unpaired) electrons. The molecule has 0 aromatic heterocycles. The van der Waals surface area contributed by atoms with Crippen molar-refractivity contribution in [2.24, 2.45) is 0 Å². The third-order valence-electron chi connectivity index (χ3n) is 1.87. The van der Waals surface area contributed by atoms with Crippen molar-refractivity contribution in [2.45, 2.75) is 19.9 Å². The summed E-state index contributed by atoms with van der Waals surface area (Å²) in [6.07, 6.45) is 0. The minimum Gasteiger partial charge on any atom is -0.324 e. The Morgan fingerprint density at radius 2 is 2.19 bits per heavy atom. The number of hydrogen-bond acceptors (Lipinski definition) is 2. The van der Waals surface area contributed by atoms with Crippen molar-refractivity contribution in [1.29, 1.82) is 0 Å². The number of benzene rings is 1. The highest BCUT2D eigenvalue weighted by Gasteiger charge is 2.07. The Bertz CT molecular complexity index is 382. The molecule has 0 aliphatic rings. The lowest BCUT2D eigenvalue weighted by molar-refractivity contribution is -0.115. The molecule has 0 heterocycles. The first-order chi connectivity index (χ1) is 7.49. The number of carbonyl (C=O) groups is 1. The van der Waals surface area contributed by atoms with Crippen LogP contribution in [0.5, 0.6) is 0 Å². The Morgan fingerprint density at radius 1 is 1.50 bits per heavy atom. The lowest BCUT2D eigenvalue weighted by Gasteiger charge is -2.09. The van der Waals surface area contributed by atoms with Gasteiger partial charge in [-0.05, 0) is 18.2 Å². The van der Waals surface area contributed by atoms with Crippen molar-refractivity contribution in [3.8, 4) is 0 Å². The maximum absolute atomic E-state index is 12.9. The number of halogens is 2. The molecule has 0 aliphatic heterocycles. The second-order valence-corrected chi connectivity index (χ2v) is 4.12. The van der Waals surface area contributed by atoms with Crippen LogP contribution in [0.4, 0.5) is 10.1 Å². The van der Waals surface area contributed by atoms with E-state index in [-0.39, 0.29) is 24.2 Å². The molecule has 1 amide bonds. The molecule has 1 aromatic rings. The van der Waals surface area contributed by atoms with Crippen LogP contribution in [0.3, 0.4) is 0 Å². The van der Waals surface area contributed by atoms with E-state index < -0.39 is 5.82 Å². The molecule has 0 saturated heterocycles. The maximum atomic E-state index is 12.9. The molecule has 0 unspecified atom stereocenters. The zero-order valence-corrected chi connectivity index (χ0v) is 9.94. The van der Waals surface area contributed by atoms with Gasteiger partial charge in [0.15, 0.2) is 0 Å². The van der Waals surface area contributed by atoms with Gasteiger partial charge in [-0.25, -0.2) is 4.39 Å². The lowest BCUT2D eigenvalue weighted by atomic mass is 10.3. The minimum atomic E-state index is -0.434. The Hall–Kier alpha value is -1.13. The third-order valence-corrected chi connectivity index (χ3v) is 2.20. The van der Waals surface area contributed by atoms with Crippen LogP contribution in [0, 0.1) is 5.82 Å². The fraction of sp³-hybridized carbons (Fsp3) is 0.364. The van der Waals surface area contributed by atoms with Crippen molar-refractivity contribution in [3.05, 3.63) is 29.0 Å². The van der Waals surface area contributed by atoms with Gasteiger partial charge in [-0.1, -0.05) is 25.4 Å². The molecular weight excluding hydrogens is 231 g/mol. The van der Waals surface area contributed by atoms with Crippen molar-refractivity contribution >= 4 is 23.2 Å². The van der Waals surface area contributed by atoms with Crippen LogP contribution in [0.2, 0.25) is 5.02 Å². The van der Waals surface area contributed by atoms with Gasteiger partial charge >= 0.3 is 0 Å². The third kappa shape index (κ3) is 4.16. The number of amides is 1. The summed E-state index contributed by atoms with van der Waals surface area (Å²) in [5.74, 6) is -0.683. The van der Waals surface area contributed by atoms with Crippen molar-refractivity contribution in [2.75, 3.05) is 11.9 Å². The number of hydrogen-bond donors (Lipinski definition) is 2. The predicted octanol–water partition coefficient (Wildman–Crippen LogP) is 2.42. The molecule has 0 spiro atoms. The Balaban J connectivity index is 2.59. The Labute approximate surface area is 99.0 Å². The average Bonchev–Trinajstić information content (AvgIpc) is 2.20. The van der Waals surface area contributed by atoms with Crippen LogP contribution >= 0.6 is 11.6 Å². The molecule has 5 heteroatoms. The van der Waals surface area contributed by atoms with Crippen molar-refractivity contribution in [1.82, 2.24) is 5.32 Å².